The Morgan fingerprint density at radius 1 is 0.172 bits per heavy atom. The summed E-state index contributed by atoms with van der Waals surface area (Å²) in [6, 6.07) is 156. The predicted molar refractivity (Wildman–Crippen MR) is 607 cm³/mol. The van der Waals surface area contributed by atoms with E-state index >= 15 is 0 Å². The van der Waals surface area contributed by atoms with Crippen LogP contribution < -0.4 is 0 Å². The highest BCUT2D eigenvalue weighted by Crippen LogP contribution is 2.50. The molecule has 8 heteroatoms. The highest BCUT2D eigenvalue weighted by atomic mass is 16.3. The van der Waals surface area contributed by atoms with Gasteiger partial charge in [0, 0.05) is 86.2 Å². The van der Waals surface area contributed by atoms with Crippen molar-refractivity contribution in [3.63, 3.8) is 0 Å². The Morgan fingerprint density at radius 2 is 0.386 bits per heavy atom. The number of nitrogens with zero attached hydrogens (tertiary/aromatic N) is 6. The SMILES string of the molecule is CC(C)(C)c1ccc(-c2ccc3cc4c5cc(C#N)cc6c7cc8ccc(-c9ccc(C(C)(C)C)cc9)cc8cc7n(c4cc3c2)c56)cc1.N#Cc1cc2c3cc4ccc(-c5ccc6oc7ccccc7c6c5)cc4cc3n3c4cc5cc(-c6ccc7oc8ccccc8c7c6)ccc5cc4c(c1)c23.N#Cc1cc2c3cc4ccc(-c5ccccc5)cc4cc3n3c4cc5cc(-c6ccccc6)ccc5cc4c(c1)c23. The van der Waals surface area contributed by atoms with Gasteiger partial charge < -0.3 is 22.0 Å². The highest BCUT2D eigenvalue weighted by Gasteiger charge is 2.27. The van der Waals surface area contributed by atoms with E-state index in [-0.39, 0.29) is 10.8 Å². The van der Waals surface area contributed by atoms with Gasteiger partial charge in [-0.05, 0) is 335 Å². The van der Waals surface area contributed by atoms with Crippen LogP contribution in [0.25, 0.3) is 290 Å². The summed E-state index contributed by atoms with van der Waals surface area (Å²) in [4.78, 5) is 0. The quantitative estimate of drug-likeness (QED) is 0.165. The van der Waals surface area contributed by atoms with E-state index in [1.54, 1.807) is 0 Å². The number of rotatable bonds is 6. The van der Waals surface area contributed by atoms with E-state index in [1.165, 1.54) is 175 Å². The first-order valence-electron chi connectivity index (χ1n) is 49.7. The Hall–Kier alpha value is -18.9. The summed E-state index contributed by atoms with van der Waals surface area (Å²) in [6.45, 7) is 13.5. The van der Waals surface area contributed by atoms with Gasteiger partial charge in [-0.3, -0.25) is 0 Å². The number of hydrogen-bond acceptors (Lipinski definition) is 5. The Morgan fingerprint density at radius 3 is 0.641 bits per heavy atom. The lowest BCUT2D eigenvalue weighted by Gasteiger charge is -2.19. The van der Waals surface area contributed by atoms with Gasteiger partial charge in [-0.25, -0.2) is 0 Å². The van der Waals surface area contributed by atoms with Crippen molar-refractivity contribution in [2.45, 2.75) is 52.4 Å². The topological polar surface area (TPSA) is 111 Å². The average molecular weight is 1850 g/mol. The molecular weight excluding hydrogens is 1760 g/mol. The summed E-state index contributed by atoms with van der Waals surface area (Å²) in [5.74, 6) is 0. The standard InChI is InChI=1S/C51H26N2O2.C47H38N2.C39H22N2/c52-27-28-17-43-39-21-33-11-9-29(31-13-15-49-41(23-31)37-5-1-3-7-47(37)54-49)19-35(33)25-45(39)53-46-26-36-20-30(10-12-34(36)22-40(46)44(18-28)51(43)53)32-14-16-50-42(24-32)38-6-2-4-8-48(38)55-50;1-46(2,3)37-15-11-29(12-16-37)31-7-9-33-23-39-41-19-28(27-48)20-42-40-24-34-10-8-32(30-13-17-38(18-14-30)47(4,5)6)22-36(34)26-44(40)49(45(41)42)43(39)25-35(33)21-31;40-23-24-15-35-33-19-29-13-11-27(25-7-3-1-4-8-25)17-31(29)21-37(33)41-38-22-32-18-28(26-9-5-2-6-10-26)12-14-30(32)20-34(38)36(16-24)39(35)41/h1-26H;7-26H,1-6H3;1-22H. The second kappa shape index (κ2) is 31.0. The summed E-state index contributed by atoms with van der Waals surface area (Å²) < 4.78 is 19.5. The number of para-hydroxylation sites is 2. The lowest BCUT2D eigenvalue weighted by atomic mass is 9.86. The van der Waals surface area contributed by atoms with E-state index in [0.29, 0.717) is 16.7 Å². The molecule has 0 N–H and O–H groups in total. The molecule has 0 bridgehead atoms. The molecule has 0 amide bonds. The minimum absolute atomic E-state index is 0.123. The summed E-state index contributed by atoms with van der Waals surface area (Å²) in [5.41, 5.74) is 33.4. The molecule has 31 rings (SSSR count). The van der Waals surface area contributed by atoms with Crippen LogP contribution in [-0.2, 0) is 10.8 Å². The maximum absolute atomic E-state index is 10.2. The van der Waals surface area contributed by atoms with E-state index in [1.807, 2.05) is 24.3 Å². The third-order valence-corrected chi connectivity index (χ3v) is 31.1. The van der Waals surface area contributed by atoms with Crippen molar-refractivity contribution in [3.8, 4) is 85.0 Å². The molecule has 0 spiro atoms. The molecule has 0 aliphatic rings. The molecule has 0 aliphatic carbocycles. The van der Waals surface area contributed by atoms with Gasteiger partial charge in [-0.2, -0.15) is 15.8 Å². The van der Waals surface area contributed by atoms with Crippen LogP contribution in [0.1, 0.15) is 69.4 Å². The number of aromatic nitrogens is 3. The maximum atomic E-state index is 10.2. The molecule has 0 saturated carbocycles. The van der Waals surface area contributed by atoms with Crippen molar-refractivity contribution in [1.29, 1.82) is 15.8 Å². The third-order valence-electron chi connectivity index (χ3n) is 31.1. The lowest BCUT2D eigenvalue weighted by molar-refractivity contribution is 0.590. The Labute approximate surface area is 832 Å². The second-order valence-corrected chi connectivity index (χ2v) is 41.7. The molecule has 0 fully saturated rings. The molecular formula is C137H86N6O2. The maximum Gasteiger partial charge on any atom is 0.135 e. The van der Waals surface area contributed by atoms with Crippen LogP contribution in [0.5, 0.6) is 0 Å². The van der Waals surface area contributed by atoms with Crippen molar-refractivity contribution >= 4 is 223 Å². The molecule has 676 valence electrons. The Kier molecular flexibility index (Phi) is 17.8. The minimum Gasteiger partial charge on any atom is -0.456 e. The summed E-state index contributed by atoms with van der Waals surface area (Å²) >= 11 is 0. The fourth-order valence-electron chi connectivity index (χ4n) is 23.8. The van der Waals surface area contributed by atoms with Gasteiger partial charge in [0.2, 0.25) is 0 Å². The smallest absolute Gasteiger partial charge is 0.135 e. The zero-order valence-electron chi connectivity index (χ0n) is 80.3. The molecule has 0 saturated heterocycles. The monoisotopic (exact) mass is 1850 g/mol. The zero-order valence-corrected chi connectivity index (χ0v) is 80.3. The van der Waals surface area contributed by atoms with Crippen molar-refractivity contribution in [2.75, 3.05) is 0 Å². The van der Waals surface area contributed by atoms with Crippen LogP contribution in [-0.4, -0.2) is 13.2 Å². The van der Waals surface area contributed by atoms with Gasteiger partial charge in [0.1, 0.15) is 22.3 Å². The molecule has 0 unspecified atom stereocenters. The van der Waals surface area contributed by atoms with Crippen LogP contribution in [0.4, 0.5) is 0 Å². The van der Waals surface area contributed by atoms with Crippen molar-refractivity contribution in [2.24, 2.45) is 0 Å². The third kappa shape index (κ3) is 13.1. The van der Waals surface area contributed by atoms with Crippen molar-refractivity contribution < 1.29 is 8.83 Å². The van der Waals surface area contributed by atoms with Crippen LogP contribution in [0, 0.1) is 34.0 Å². The normalized spacial score (nSPS) is 12.3. The van der Waals surface area contributed by atoms with Crippen molar-refractivity contribution in [1.82, 2.24) is 13.2 Å². The Bertz CT molecular complexity index is 10600. The first kappa shape index (κ1) is 83.1. The molecule has 0 atom stereocenters. The van der Waals surface area contributed by atoms with E-state index in [0.717, 1.165) is 126 Å². The largest absolute Gasteiger partial charge is 0.456 e. The fraction of sp³-hybridized carbons (Fsp3) is 0.0584. The fourth-order valence-corrected chi connectivity index (χ4v) is 23.8. The van der Waals surface area contributed by atoms with E-state index < -0.39 is 0 Å². The molecule has 31 aromatic rings. The number of hydrogen-bond donors (Lipinski definition) is 0. The minimum atomic E-state index is 0.123. The van der Waals surface area contributed by atoms with Gasteiger partial charge in [-0.15, -0.1) is 0 Å². The van der Waals surface area contributed by atoms with Crippen LogP contribution in [0.2, 0.25) is 0 Å². The summed E-state index contributed by atoms with van der Waals surface area (Å²) in [5, 5.41) is 62.8. The van der Waals surface area contributed by atoms with Crippen molar-refractivity contribution in [3.05, 3.63) is 440 Å². The van der Waals surface area contributed by atoms with Gasteiger partial charge in [0.15, 0.2) is 0 Å². The molecule has 8 aromatic heterocycles. The first-order chi connectivity index (χ1) is 70.8. The van der Waals surface area contributed by atoms with Gasteiger partial charge in [0.05, 0.1) is 84.5 Å². The zero-order chi connectivity index (χ0) is 96.8. The number of furan rings is 2. The number of nitriles is 3. The van der Waals surface area contributed by atoms with Crippen LogP contribution in [0.15, 0.2) is 421 Å². The first-order valence-corrected chi connectivity index (χ1v) is 49.7. The second-order valence-electron chi connectivity index (χ2n) is 41.7. The summed E-state index contributed by atoms with van der Waals surface area (Å²) in [7, 11) is 0. The average Bonchev–Trinajstić information content (AvgIpc) is 1.54. The van der Waals surface area contributed by atoms with Gasteiger partial charge >= 0.3 is 0 Å². The molecule has 0 aliphatic heterocycles. The van der Waals surface area contributed by atoms with E-state index in [9.17, 15) is 15.8 Å². The molecule has 145 heavy (non-hydrogen) atoms. The van der Waals surface area contributed by atoms with Gasteiger partial charge in [0.25, 0.3) is 0 Å². The Balaban J connectivity index is 0.000000104. The van der Waals surface area contributed by atoms with Crippen LogP contribution >= 0.6 is 0 Å². The lowest BCUT2D eigenvalue weighted by Crippen LogP contribution is -2.10. The molecule has 8 nitrogen and oxygen atoms in total. The molecule has 8 heterocycles. The van der Waals surface area contributed by atoms with E-state index in [2.05, 4.69) is 461 Å². The number of benzene rings is 23. The highest BCUT2D eigenvalue weighted by molar-refractivity contribution is 6.31. The van der Waals surface area contributed by atoms with E-state index in [4.69, 9.17) is 8.83 Å². The van der Waals surface area contributed by atoms with Crippen LogP contribution in [0.3, 0.4) is 0 Å². The molecule has 0 radical (unpaired) electrons. The molecule has 23 aromatic carbocycles. The van der Waals surface area contributed by atoms with Gasteiger partial charge in [-0.1, -0.05) is 272 Å². The predicted octanol–water partition coefficient (Wildman–Crippen LogP) is 37.4. The summed E-state index contributed by atoms with van der Waals surface area (Å²) in [6.07, 6.45) is 0. The number of fused-ring (bicyclic) bond motifs is 30.